The van der Waals surface area contributed by atoms with Crippen molar-refractivity contribution in [3.8, 4) is 28.8 Å². The van der Waals surface area contributed by atoms with Gasteiger partial charge < -0.3 is 18.3 Å². The van der Waals surface area contributed by atoms with Crippen LogP contribution in [0, 0.1) is 11.3 Å². The van der Waals surface area contributed by atoms with E-state index < -0.39 is 0 Å². The molecule has 0 saturated heterocycles. The predicted octanol–water partition coefficient (Wildman–Crippen LogP) is 13.9. The molecule has 0 atom stereocenters. The lowest BCUT2D eigenvalue weighted by molar-refractivity contribution is 1.16. The number of fused-ring (bicyclic) bond motifs is 14. The van der Waals surface area contributed by atoms with Crippen LogP contribution < -0.4 is 0 Å². The first-order chi connectivity index (χ1) is 29.8. The highest BCUT2D eigenvalue weighted by Crippen LogP contribution is 2.45. The zero-order valence-corrected chi connectivity index (χ0v) is 32.3. The smallest absolute Gasteiger partial charge is 0.101 e. The molecular weight excluding hydrogens is 731 g/mol. The number of benzene rings is 9. The summed E-state index contributed by atoms with van der Waals surface area (Å²) in [6, 6.07) is 74.1. The normalized spacial score (nSPS) is 12.0. The van der Waals surface area contributed by atoms with Gasteiger partial charge in [-0.3, -0.25) is 0 Å². The van der Waals surface area contributed by atoms with Crippen LogP contribution in [0.25, 0.3) is 110 Å². The quantitative estimate of drug-likeness (QED) is 0.176. The van der Waals surface area contributed by atoms with Crippen LogP contribution in [0.5, 0.6) is 0 Å². The zero-order chi connectivity index (χ0) is 39.5. The molecule has 0 saturated carbocycles. The highest BCUT2D eigenvalue weighted by molar-refractivity contribution is 6.28. The molecule has 4 aromatic heterocycles. The molecule has 0 aliphatic heterocycles. The molecule has 9 aromatic carbocycles. The number of hydrogen-bond acceptors (Lipinski definition) is 1. The molecular formula is C55H33N5. The Morgan fingerprint density at radius 2 is 0.717 bits per heavy atom. The lowest BCUT2D eigenvalue weighted by atomic mass is 10.1. The highest BCUT2D eigenvalue weighted by Gasteiger charge is 2.25. The van der Waals surface area contributed by atoms with Gasteiger partial charge in [0, 0.05) is 65.8 Å². The third kappa shape index (κ3) is 4.34. The molecule has 0 unspecified atom stereocenters. The van der Waals surface area contributed by atoms with E-state index in [0.717, 1.165) is 72.0 Å². The van der Waals surface area contributed by atoms with E-state index in [0.29, 0.717) is 5.56 Å². The van der Waals surface area contributed by atoms with Gasteiger partial charge in [-0.1, -0.05) is 115 Å². The molecule has 5 heteroatoms. The molecule has 0 fully saturated rings. The second-order valence-electron chi connectivity index (χ2n) is 15.6. The summed E-state index contributed by atoms with van der Waals surface area (Å²) < 4.78 is 9.55. The van der Waals surface area contributed by atoms with Crippen LogP contribution in [-0.4, -0.2) is 18.3 Å². The summed E-state index contributed by atoms with van der Waals surface area (Å²) in [5.74, 6) is 0. The van der Waals surface area contributed by atoms with Crippen LogP contribution in [0.1, 0.15) is 5.56 Å². The topological polar surface area (TPSA) is 43.5 Å². The fourth-order valence-corrected chi connectivity index (χ4v) is 10.2. The zero-order valence-electron chi connectivity index (χ0n) is 32.3. The number of nitrogens with zero attached hydrogens (tertiary/aromatic N) is 5. The third-order valence-electron chi connectivity index (χ3n) is 12.6. The Labute approximate surface area is 344 Å². The molecule has 0 bridgehead atoms. The molecule has 13 rings (SSSR count). The van der Waals surface area contributed by atoms with Crippen LogP contribution in [0.3, 0.4) is 0 Å². The second-order valence-corrected chi connectivity index (χ2v) is 15.6. The average Bonchev–Trinajstić information content (AvgIpc) is 4.04. The first kappa shape index (κ1) is 32.7. The van der Waals surface area contributed by atoms with E-state index in [1.807, 2.05) is 12.1 Å². The predicted molar refractivity (Wildman–Crippen MR) is 249 cm³/mol. The van der Waals surface area contributed by atoms with E-state index in [1.165, 1.54) is 38.0 Å². The third-order valence-corrected chi connectivity index (χ3v) is 12.6. The van der Waals surface area contributed by atoms with Crippen LogP contribution in [0.15, 0.2) is 200 Å². The summed E-state index contributed by atoms with van der Waals surface area (Å²) in [7, 11) is 0. The van der Waals surface area contributed by atoms with Gasteiger partial charge in [0.05, 0.1) is 49.7 Å². The maximum Gasteiger partial charge on any atom is 0.101 e. The molecule has 13 aromatic rings. The lowest BCUT2D eigenvalue weighted by Gasteiger charge is -2.11. The highest BCUT2D eigenvalue weighted by atomic mass is 15.0. The van der Waals surface area contributed by atoms with Gasteiger partial charge in [0.25, 0.3) is 0 Å². The molecule has 5 nitrogen and oxygen atoms in total. The average molecular weight is 764 g/mol. The Morgan fingerprint density at radius 3 is 1.28 bits per heavy atom. The second kappa shape index (κ2) is 12.3. The van der Waals surface area contributed by atoms with Crippen LogP contribution in [0.4, 0.5) is 0 Å². The Bertz CT molecular complexity index is 3930. The monoisotopic (exact) mass is 763 g/mol. The van der Waals surface area contributed by atoms with Crippen molar-refractivity contribution < 1.29 is 0 Å². The van der Waals surface area contributed by atoms with Crippen LogP contribution >= 0.6 is 0 Å². The standard InChI is InChI=1S/C55H33N5/c56-34-35-15-14-24-44-51-50(32-29-42-40-22-10-12-25-46(40)58(54(42)51)37-18-6-2-7-19-37)60(53(35)44)39-27-30-48-45(33-39)52-49(57(48)36-16-4-1-5-17-36)31-28-43-41-23-11-13-26-47(41)59(55(43)52)38-20-8-3-9-21-38/h1-33H. The molecule has 278 valence electrons. The van der Waals surface area contributed by atoms with Crippen molar-refractivity contribution in [2.24, 2.45) is 0 Å². The Hall–Kier alpha value is -8.33. The number of nitriles is 1. The summed E-state index contributed by atoms with van der Waals surface area (Å²) in [5, 5.41) is 20.1. The molecule has 0 aliphatic carbocycles. The first-order valence-corrected chi connectivity index (χ1v) is 20.3. The van der Waals surface area contributed by atoms with E-state index in [-0.39, 0.29) is 0 Å². The Balaban J connectivity index is 1.21. The van der Waals surface area contributed by atoms with E-state index >= 15 is 0 Å². The molecule has 0 aliphatic rings. The minimum absolute atomic E-state index is 0.637. The van der Waals surface area contributed by atoms with Crippen LogP contribution in [-0.2, 0) is 0 Å². The fraction of sp³-hybridized carbons (Fsp3) is 0. The minimum atomic E-state index is 0.637. The van der Waals surface area contributed by atoms with Crippen molar-refractivity contribution in [3.05, 3.63) is 206 Å². The van der Waals surface area contributed by atoms with E-state index in [4.69, 9.17) is 0 Å². The summed E-state index contributed by atoms with van der Waals surface area (Å²) in [5.41, 5.74) is 13.8. The SMILES string of the molecule is N#Cc1cccc2c3c(ccc4c5ccccc5n(-c5ccccc5)c43)n(-c3ccc4c(c3)c3c(ccc5c6ccccc6n(-c6ccccc6)c53)n4-c3ccccc3)c12. The van der Waals surface area contributed by atoms with Gasteiger partial charge in [-0.05, 0) is 84.9 Å². The molecule has 0 spiro atoms. The lowest BCUT2D eigenvalue weighted by Crippen LogP contribution is -1.97. The van der Waals surface area contributed by atoms with E-state index in [1.54, 1.807) is 0 Å². The Morgan fingerprint density at radius 1 is 0.283 bits per heavy atom. The Kier molecular flexibility index (Phi) is 6.73. The van der Waals surface area contributed by atoms with Gasteiger partial charge in [-0.2, -0.15) is 5.26 Å². The van der Waals surface area contributed by atoms with Crippen molar-refractivity contribution in [1.82, 2.24) is 18.3 Å². The summed E-state index contributed by atoms with van der Waals surface area (Å²) >= 11 is 0. The maximum absolute atomic E-state index is 10.8. The van der Waals surface area contributed by atoms with Crippen LogP contribution in [0.2, 0.25) is 0 Å². The van der Waals surface area contributed by atoms with Crippen molar-refractivity contribution in [1.29, 1.82) is 5.26 Å². The van der Waals surface area contributed by atoms with Crippen molar-refractivity contribution in [3.63, 3.8) is 0 Å². The van der Waals surface area contributed by atoms with Gasteiger partial charge in [0.15, 0.2) is 0 Å². The van der Waals surface area contributed by atoms with Gasteiger partial charge in [0.2, 0.25) is 0 Å². The number of rotatable bonds is 4. The van der Waals surface area contributed by atoms with E-state index in [2.05, 4.69) is 212 Å². The van der Waals surface area contributed by atoms with Gasteiger partial charge in [-0.15, -0.1) is 0 Å². The van der Waals surface area contributed by atoms with E-state index in [9.17, 15) is 5.26 Å². The number of hydrogen-bond donors (Lipinski definition) is 0. The van der Waals surface area contributed by atoms with Gasteiger partial charge >= 0.3 is 0 Å². The fourth-order valence-electron chi connectivity index (χ4n) is 10.2. The molecule has 0 N–H and O–H groups in total. The van der Waals surface area contributed by atoms with Crippen molar-refractivity contribution in [2.75, 3.05) is 0 Å². The summed E-state index contributed by atoms with van der Waals surface area (Å²) in [6.45, 7) is 0. The minimum Gasteiger partial charge on any atom is -0.309 e. The molecule has 60 heavy (non-hydrogen) atoms. The van der Waals surface area contributed by atoms with Gasteiger partial charge in [-0.25, -0.2) is 0 Å². The maximum atomic E-state index is 10.8. The van der Waals surface area contributed by atoms with Crippen molar-refractivity contribution in [2.45, 2.75) is 0 Å². The van der Waals surface area contributed by atoms with Crippen molar-refractivity contribution >= 4 is 87.2 Å². The molecule has 0 amide bonds. The largest absolute Gasteiger partial charge is 0.309 e. The summed E-state index contributed by atoms with van der Waals surface area (Å²) in [6.07, 6.45) is 0. The number of para-hydroxylation sites is 6. The molecule has 0 radical (unpaired) electrons. The number of aromatic nitrogens is 4. The molecule has 4 heterocycles. The first-order valence-electron chi connectivity index (χ1n) is 20.3. The summed E-state index contributed by atoms with van der Waals surface area (Å²) in [4.78, 5) is 0. The van der Waals surface area contributed by atoms with Gasteiger partial charge in [0.1, 0.15) is 6.07 Å².